The molecule has 2 rings (SSSR count). The van der Waals surface area contributed by atoms with Gasteiger partial charge in [0.25, 0.3) is 0 Å². The first-order valence-corrected chi connectivity index (χ1v) is 4.08. The van der Waals surface area contributed by atoms with Crippen LogP contribution in [0.2, 0.25) is 0 Å². The maximum atomic E-state index is 2.26. The van der Waals surface area contributed by atoms with E-state index in [4.69, 9.17) is 0 Å². The van der Waals surface area contributed by atoms with Crippen molar-refractivity contribution >= 4 is 11.8 Å². The van der Waals surface area contributed by atoms with Crippen LogP contribution in [0.25, 0.3) is 0 Å². The quantitative estimate of drug-likeness (QED) is 0.492. The zero-order valence-electron chi connectivity index (χ0n) is 5.03. The van der Waals surface area contributed by atoms with Crippen molar-refractivity contribution in [2.24, 2.45) is 5.92 Å². The van der Waals surface area contributed by atoms with Gasteiger partial charge in [-0.15, -0.1) is 11.8 Å². The highest BCUT2D eigenvalue weighted by molar-refractivity contribution is 8.03. The molecule has 0 aromatic rings. The Kier molecular flexibility index (Phi) is 1.23. The maximum Gasteiger partial charge on any atom is 0.0369 e. The zero-order valence-corrected chi connectivity index (χ0v) is 5.84. The predicted molar refractivity (Wildman–Crippen MR) is 42.3 cm³/mol. The fraction of sp³-hybridized carbons (Fsp3) is 0.250. The normalized spacial score (nSPS) is 37.3. The van der Waals surface area contributed by atoms with Gasteiger partial charge >= 0.3 is 0 Å². The van der Waals surface area contributed by atoms with E-state index in [2.05, 4.69) is 35.8 Å². The van der Waals surface area contributed by atoms with Crippen molar-refractivity contribution in [2.45, 2.75) is 5.25 Å². The Bertz CT molecular complexity index is 189. The van der Waals surface area contributed by atoms with Crippen LogP contribution in [0.15, 0.2) is 35.8 Å². The van der Waals surface area contributed by atoms with E-state index in [0.29, 0.717) is 11.2 Å². The molecular weight excluding hydrogens is 128 g/mol. The van der Waals surface area contributed by atoms with Crippen LogP contribution in [-0.2, 0) is 0 Å². The molecule has 0 aromatic heterocycles. The minimum atomic E-state index is 0.681. The van der Waals surface area contributed by atoms with Gasteiger partial charge in [0.2, 0.25) is 0 Å². The lowest BCUT2D eigenvalue weighted by Gasteiger charge is -2.12. The molecule has 0 saturated heterocycles. The van der Waals surface area contributed by atoms with Crippen LogP contribution in [0.3, 0.4) is 0 Å². The lowest BCUT2D eigenvalue weighted by Crippen LogP contribution is -2.07. The summed E-state index contributed by atoms with van der Waals surface area (Å²) < 4.78 is 0. The van der Waals surface area contributed by atoms with Gasteiger partial charge in [0.1, 0.15) is 0 Å². The lowest BCUT2D eigenvalue weighted by atomic mass is 10.0. The molecule has 1 aliphatic heterocycles. The largest absolute Gasteiger partial charge is 0.126 e. The summed E-state index contributed by atoms with van der Waals surface area (Å²) in [5.41, 5.74) is 0. The van der Waals surface area contributed by atoms with Gasteiger partial charge in [0.15, 0.2) is 0 Å². The summed E-state index contributed by atoms with van der Waals surface area (Å²) >= 11 is 1.91. The molecule has 0 nitrogen and oxygen atoms in total. The fourth-order valence-electron chi connectivity index (χ4n) is 1.14. The number of hydrogen-bond acceptors (Lipinski definition) is 1. The summed E-state index contributed by atoms with van der Waals surface area (Å²) in [6.45, 7) is 0. The minimum Gasteiger partial charge on any atom is -0.126 e. The Hall–Kier alpha value is -0.430. The number of rotatable bonds is 0. The third kappa shape index (κ3) is 0.855. The summed E-state index contributed by atoms with van der Waals surface area (Å²) in [6.07, 6.45) is 11.0. The summed E-state index contributed by atoms with van der Waals surface area (Å²) in [7, 11) is 0. The van der Waals surface area contributed by atoms with Gasteiger partial charge < -0.3 is 0 Å². The molecule has 0 amide bonds. The Morgan fingerprint density at radius 1 is 1.00 bits per heavy atom. The second-order valence-electron chi connectivity index (χ2n) is 2.28. The van der Waals surface area contributed by atoms with E-state index < -0.39 is 0 Å². The molecule has 2 aliphatic rings. The molecule has 0 aromatic carbocycles. The Morgan fingerprint density at radius 3 is 2.78 bits per heavy atom. The first-order chi connectivity index (χ1) is 4.47. The second kappa shape index (κ2) is 2.07. The highest BCUT2D eigenvalue weighted by atomic mass is 32.2. The number of fused-ring (bicyclic) bond motifs is 1. The Labute approximate surface area is 59.3 Å². The van der Waals surface area contributed by atoms with Crippen molar-refractivity contribution < 1.29 is 0 Å². The van der Waals surface area contributed by atoms with E-state index in [1.54, 1.807) is 0 Å². The molecule has 2 unspecified atom stereocenters. The monoisotopic (exact) mass is 136 g/mol. The van der Waals surface area contributed by atoms with E-state index in [0.717, 1.165) is 0 Å². The molecule has 0 N–H and O–H groups in total. The predicted octanol–water partition coefficient (Wildman–Crippen LogP) is 2.36. The highest BCUT2D eigenvalue weighted by Crippen LogP contribution is 2.33. The van der Waals surface area contributed by atoms with Crippen molar-refractivity contribution in [1.29, 1.82) is 0 Å². The van der Waals surface area contributed by atoms with E-state index in [-0.39, 0.29) is 0 Å². The van der Waals surface area contributed by atoms with Crippen LogP contribution < -0.4 is 0 Å². The van der Waals surface area contributed by atoms with Crippen LogP contribution in [0, 0.1) is 5.92 Å². The molecular formula is C8H8S. The van der Waals surface area contributed by atoms with Gasteiger partial charge in [0.05, 0.1) is 0 Å². The molecule has 0 bridgehead atoms. The zero-order chi connectivity index (χ0) is 6.10. The Balaban J connectivity index is 2.25. The van der Waals surface area contributed by atoms with Crippen LogP contribution in [0.1, 0.15) is 0 Å². The number of hydrogen-bond donors (Lipinski definition) is 0. The summed E-state index contributed by atoms with van der Waals surface area (Å²) in [5.74, 6) is 0.681. The van der Waals surface area contributed by atoms with Crippen molar-refractivity contribution in [3.05, 3.63) is 35.8 Å². The SMILES string of the molecule is C1=CC2C=CSC2C=C1. The molecule has 1 heterocycles. The lowest BCUT2D eigenvalue weighted by molar-refractivity contribution is 0.856. The van der Waals surface area contributed by atoms with Gasteiger partial charge in [-0.3, -0.25) is 0 Å². The molecule has 0 saturated carbocycles. The van der Waals surface area contributed by atoms with Gasteiger partial charge in [-0.1, -0.05) is 30.4 Å². The van der Waals surface area contributed by atoms with Crippen molar-refractivity contribution in [3.8, 4) is 0 Å². The molecule has 0 fully saturated rings. The van der Waals surface area contributed by atoms with Gasteiger partial charge in [-0.2, -0.15) is 0 Å². The third-order valence-corrected chi connectivity index (χ3v) is 2.76. The average Bonchev–Trinajstić information content (AvgIpc) is 2.33. The molecule has 9 heavy (non-hydrogen) atoms. The first-order valence-electron chi connectivity index (χ1n) is 3.14. The minimum absolute atomic E-state index is 0.681. The van der Waals surface area contributed by atoms with Crippen molar-refractivity contribution in [2.75, 3.05) is 0 Å². The van der Waals surface area contributed by atoms with Gasteiger partial charge in [-0.25, -0.2) is 0 Å². The van der Waals surface area contributed by atoms with E-state index in [1.165, 1.54) is 0 Å². The van der Waals surface area contributed by atoms with Gasteiger partial charge in [0, 0.05) is 11.2 Å². The molecule has 0 spiro atoms. The second-order valence-corrected chi connectivity index (χ2v) is 3.37. The van der Waals surface area contributed by atoms with Crippen molar-refractivity contribution in [3.63, 3.8) is 0 Å². The van der Waals surface area contributed by atoms with Crippen LogP contribution in [0.5, 0.6) is 0 Å². The Morgan fingerprint density at radius 2 is 1.89 bits per heavy atom. The summed E-state index contributed by atoms with van der Waals surface area (Å²) in [5, 5.41) is 2.89. The standard InChI is InChI=1S/C8H8S/c1-2-4-8-7(3-1)5-6-9-8/h1-8H. The van der Waals surface area contributed by atoms with Crippen LogP contribution >= 0.6 is 11.8 Å². The van der Waals surface area contributed by atoms with E-state index in [1.807, 2.05) is 11.8 Å². The highest BCUT2D eigenvalue weighted by Gasteiger charge is 2.19. The topological polar surface area (TPSA) is 0 Å². The van der Waals surface area contributed by atoms with Crippen LogP contribution in [-0.4, -0.2) is 5.25 Å². The fourth-order valence-corrected chi connectivity index (χ4v) is 2.14. The summed E-state index contributed by atoms with van der Waals surface area (Å²) in [6, 6.07) is 0. The van der Waals surface area contributed by atoms with E-state index in [9.17, 15) is 0 Å². The molecule has 2 atom stereocenters. The molecule has 0 radical (unpaired) electrons. The molecule has 46 valence electrons. The van der Waals surface area contributed by atoms with Gasteiger partial charge in [-0.05, 0) is 5.41 Å². The molecule has 1 heteroatoms. The van der Waals surface area contributed by atoms with E-state index >= 15 is 0 Å². The first kappa shape index (κ1) is 5.36. The average molecular weight is 136 g/mol. The van der Waals surface area contributed by atoms with Crippen molar-refractivity contribution in [1.82, 2.24) is 0 Å². The molecule has 1 aliphatic carbocycles. The summed E-state index contributed by atoms with van der Waals surface area (Å²) in [4.78, 5) is 0. The van der Waals surface area contributed by atoms with Crippen LogP contribution in [0.4, 0.5) is 0 Å². The smallest absolute Gasteiger partial charge is 0.0369 e. The maximum absolute atomic E-state index is 2.26. The third-order valence-electron chi connectivity index (χ3n) is 1.66. The number of thioether (sulfide) groups is 1. The number of allylic oxidation sites excluding steroid dienone is 4.